The van der Waals surface area contributed by atoms with Crippen molar-refractivity contribution in [2.24, 2.45) is 0 Å². The highest BCUT2D eigenvalue weighted by molar-refractivity contribution is 6.20. The number of para-hydroxylation sites is 1. The Hall–Kier alpha value is -8.46. The Morgan fingerprint density at radius 2 is 0.781 bits per heavy atom. The zero-order valence-corrected chi connectivity index (χ0v) is 35.0. The van der Waals surface area contributed by atoms with E-state index in [4.69, 9.17) is 4.42 Å². The molecule has 12 aromatic rings. The quantitative estimate of drug-likeness (QED) is 0.142. The molecule has 11 aromatic carbocycles. The van der Waals surface area contributed by atoms with Crippen molar-refractivity contribution in [3.05, 3.63) is 249 Å². The highest BCUT2D eigenvalue weighted by atomic mass is 16.3. The van der Waals surface area contributed by atoms with Crippen molar-refractivity contribution in [3.8, 4) is 55.6 Å². The molecule has 0 saturated heterocycles. The minimum Gasteiger partial charge on any atom is -0.455 e. The van der Waals surface area contributed by atoms with E-state index >= 15 is 0 Å². The Kier molecular flexibility index (Phi) is 9.20. The first-order valence-electron chi connectivity index (χ1n) is 21.9. The minimum absolute atomic E-state index is 0.858. The van der Waals surface area contributed by atoms with Gasteiger partial charge in [-0.05, 0) is 103 Å². The summed E-state index contributed by atoms with van der Waals surface area (Å²) in [6.45, 7) is 0. The van der Waals surface area contributed by atoms with Gasteiger partial charge in [-0.1, -0.05) is 212 Å². The molecule has 0 radical (unpaired) electrons. The number of anilines is 3. The van der Waals surface area contributed by atoms with Gasteiger partial charge in [0.2, 0.25) is 0 Å². The molecule has 1 heterocycles. The van der Waals surface area contributed by atoms with Gasteiger partial charge in [0.1, 0.15) is 11.2 Å². The summed E-state index contributed by atoms with van der Waals surface area (Å²) in [6, 6.07) is 89.6. The molecular formula is C62H41NO. The van der Waals surface area contributed by atoms with Crippen molar-refractivity contribution in [2.45, 2.75) is 0 Å². The zero-order valence-electron chi connectivity index (χ0n) is 35.0. The van der Waals surface area contributed by atoms with Crippen LogP contribution in [0, 0.1) is 0 Å². The SMILES string of the molecule is c1ccc(-c2ccc(-c3ccc(N(c4ccc(-c5c(-c6ccccc6)cccc5-c5ccccc5)cc4)c4cccc5ccc6ccccc6c45)c4c3oc3ccccc34)cc2)cc1. The van der Waals surface area contributed by atoms with Gasteiger partial charge in [0.05, 0.1) is 16.8 Å². The Balaban J connectivity index is 1.09. The van der Waals surface area contributed by atoms with Crippen molar-refractivity contribution >= 4 is 60.5 Å². The maximum atomic E-state index is 6.93. The molecule has 0 spiro atoms. The molecule has 2 nitrogen and oxygen atoms in total. The lowest BCUT2D eigenvalue weighted by atomic mass is 9.87. The monoisotopic (exact) mass is 815 g/mol. The van der Waals surface area contributed by atoms with E-state index in [1.807, 2.05) is 0 Å². The van der Waals surface area contributed by atoms with Crippen molar-refractivity contribution in [2.75, 3.05) is 4.90 Å². The van der Waals surface area contributed by atoms with Crippen molar-refractivity contribution in [3.63, 3.8) is 0 Å². The topological polar surface area (TPSA) is 16.4 Å². The van der Waals surface area contributed by atoms with E-state index in [-0.39, 0.29) is 0 Å². The lowest BCUT2D eigenvalue weighted by Gasteiger charge is -2.29. The number of fused-ring (bicyclic) bond motifs is 6. The van der Waals surface area contributed by atoms with Crippen LogP contribution in [0.4, 0.5) is 17.1 Å². The van der Waals surface area contributed by atoms with Gasteiger partial charge >= 0.3 is 0 Å². The van der Waals surface area contributed by atoms with Crippen LogP contribution in [-0.4, -0.2) is 0 Å². The summed E-state index contributed by atoms with van der Waals surface area (Å²) in [4.78, 5) is 2.45. The van der Waals surface area contributed by atoms with E-state index in [2.05, 4.69) is 254 Å². The molecule has 12 rings (SSSR count). The van der Waals surface area contributed by atoms with Crippen LogP contribution >= 0.6 is 0 Å². The van der Waals surface area contributed by atoms with Gasteiger partial charge in [-0.3, -0.25) is 0 Å². The average Bonchev–Trinajstić information content (AvgIpc) is 3.77. The molecule has 0 aliphatic rings. The number of rotatable bonds is 8. The summed E-state index contributed by atoms with van der Waals surface area (Å²) in [6.07, 6.45) is 0. The third-order valence-corrected chi connectivity index (χ3v) is 12.7. The van der Waals surface area contributed by atoms with Gasteiger partial charge in [-0.2, -0.15) is 0 Å². The number of nitrogens with zero attached hydrogens (tertiary/aromatic N) is 1. The number of hydrogen-bond donors (Lipinski definition) is 0. The molecule has 64 heavy (non-hydrogen) atoms. The fourth-order valence-electron chi connectivity index (χ4n) is 9.69. The summed E-state index contributed by atoms with van der Waals surface area (Å²) in [5, 5.41) is 6.95. The third kappa shape index (κ3) is 6.44. The first-order valence-corrected chi connectivity index (χ1v) is 21.9. The molecule has 0 bridgehead atoms. The second-order valence-corrected chi connectivity index (χ2v) is 16.4. The van der Waals surface area contributed by atoms with Crippen LogP contribution in [0.3, 0.4) is 0 Å². The Morgan fingerprint density at radius 3 is 1.48 bits per heavy atom. The standard InChI is InChI=1S/C62H41NO/c1-4-16-42(17-5-1)43-30-32-47(33-31-43)54-40-41-57(61-55-25-12-13-29-58(55)64-62(54)61)63(56-28-14-23-48-35-34-46-22-10-11-24-53(46)60(48)56)50-38-36-49(37-39-50)59-51(44-18-6-2-7-19-44)26-15-27-52(59)45-20-8-3-9-21-45/h1-41H. The number of furan rings is 1. The second kappa shape index (κ2) is 15.8. The molecule has 1 aromatic heterocycles. The lowest BCUT2D eigenvalue weighted by molar-refractivity contribution is 0.670. The van der Waals surface area contributed by atoms with Crippen LogP contribution < -0.4 is 4.90 Å². The van der Waals surface area contributed by atoms with Gasteiger partial charge in [0.15, 0.2) is 0 Å². The predicted octanol–water partition coefficient (Wildman–Crippen LogP) is 17.7. The van der Waals surface area contributed by atoms with E-state index < -0.39 is 0 Å². The summed E-state index contributed by atoms with van der Waals surface area (Å²) in [5.41, 5.74) is 16.6. The summed E-state index contributed by atoms with van der Waals surface area (Å²) in [5.74, 6) is 0. The molecule has 0 saturated carbocycles. The lowest BCUT2D eigenvalue weighted by Crippen LogP contribution is -2.11. The number of hydrogen-bond acceptors (Lipinski definition) is 2. The molecule has 2 heteroatoms. The van der Waals surface area contributed by atoms with Gasteiger partial charge < -0.3 is 9.32 Å². The first kappa shape index (κ1) is 37.3. The van der Waals surface area contributed by atoms with Gasteiger partial charge in [0.25, 0.3) is 0 Å². The van der Waals surface area contributed by atoms with Crippen molar-refractivity contribution in [1.82, 2.24) is 0 Å². The summed E-state index contributed by atoms with van der Waals surface area (Å²) >= 11 is 0. The first-order chi connectivity index (χ1) is 31.8. The highest BCUT2D eigenvalue weighted by Gasteiger charge is 2.24. The van der Waals surface area contributed by atoms with E-state index in [9.17, 15) is 0 Å². The fourth-order valence-corrected chi connectivity index (χ4v) is 9.69. The van der Waals surface area contributed by atoms with Crippen molar-refractivity contribution in [1.29, 1.82) is 0 Å². The van der Waals surface area contributed by atoms with Crippen LogP contribution in [0.2, 0.25) is 0 Å². The van der Waals surface area contributed by atoms with Crippen LogP contribution in [0.1, 0.15) is 0 Å². The second-order valence-electron chi connectivity index (χ2n) is 16.4. The van der Waals surface area contributed by atoms with Gasteiger partial charge in [0, 0.05) is 22.0 Å². The maximum absolute atomic E-state index is 6.93. The Morgan fingerprint density at radius 1 is 0.281 bits per heavy atom. The molecule has 300 valence electrons. The largest absolute Gasteiger partial charge is 0.455 e. The van der Waals surface area contributed by atoms with Crippen LogP contribution in [0.25, 0.3) is 99.1 Å². The Labute approximate surface area is 372 Å². The molecular weight excluding hydrogens is 775 g/mol. The highest BCUT2D eigenvalue weighted by Crippen LogP contribution is 2.49. The summed E-state index contributed by atoms with van der Waals surface area (Å²) < 4.78 is 6.93. The van der Waals surface area contributed by atoms with E-state index in [1.54, 1.807) is 0 Å². The molecule has 0 fully saturated rings. The van der Waals surface area contributed by atoms with E-state index in [0.717, 1.165) is 55.7 Å². The minimum atomic E-state index is 0.858. The molecule has 0 atom stereocenters. The van der Waals surface area contributed by atoms with Crippen LogP contribution in [0.15, 0.2) is 253 Å². The van der Waals surface area contributed by atoms with Crippen molar-refractivity contribution < 1.29 is 4.42 Å². The van der Waals surface area contributed by atoms with Crippen LogP contribution in [0.5, 0.6) is 0 Å². The predicted molar refractivity (Wildman–Crippen MR) is 271 cm³/mol. The fraction of sp³-hybridized carbons (Fsp3) is 0. The molecule has 0 unspecified atom stereocenters. The molecule has 0 aliphatic carbocycles. The number of benzene rings is 11. The van der Waals surface area contributed by atoms with Gasteiger partial charge in [-0.25, -0.2) is 0 Å². The Bertz CT molecular complexity index is 3570. The maximum Gasteiger partial charge on any atom is 0.145 e. The smallest absolute Gasteiger partial charge is 0.145 e. The van der Waals surface area contributed by atoms with Gasteiger partial charge in [-0.15, -0.1) is 0 Å². The molecule has 0 N–H and O–H groups in total. The molecule has 0 amide bonds. The zero-order chi connectivity index (χ0) is 42.4. The van der Waals surface area contributed by atoms with Crippen LogP contribution in [-0.2, 0) is 0 Å². The molecule has 0 aliphatic heterocycles. The average molecular weight is 816 g/mol. The third-order valence-electron chi connectivity index (χ3n) is 12.7. The van der Waals surface area contributed by atoms with E-state index in [1.165, 1.54) is 60.5 Å². The normalized spacial score (nSPS) is 11.4. The summed E-state index contributed by atoms with van der Waals surface area (Å²) in [7, 11) is 0. The van der Waals surface area contributed by atoms with E-state index in [0.29, 0.717) is 0 Å².